The van der Waals surface area contributed by atoms with Crippen molar-refractivity contribution >= 4 is 17.6 Å². The van der Waals surface area contributed by atoms with Crippen molar-refractivity contribution < 1.29 is 22.8 Å². The third-order valence-corrected chi connectivity index (χ3v) is 5.97. The van der Waals surface area contributed by atoms with Crippen LogP contribution in [-0.2, 0) is 11.0 Å². The molecule has 2 aliphatic rings. The van der Waals surface area contributed by atoms with Crippen molar-refractivity contribution in [3.8, 4) is 6.07 Å². The van der Waals surface area contributed by atoms with E-state index in [4.69, 9.17) is 5.26 Å². The van der Waals surface area contributed by atoms with Gasteiger partial charge in [0.1, 0.15) is 0 Å². The number of carbonyl (C=O) groups excluding carboxylic acids is 2. The number of rotatable bonds is 5. The molecule has 2 aromatic carbocycles. The minimum atomic E-state index is -4.59. The van der Waals surface area contributed by atoms with Crippen LogP contribution in [0.25, 0.3) is 0 Å². The molecule has 3 amide bonds. The Morgan fingerprint density at radius 2 is 1.86 bits per heavy atom. The number of urea groups is 1. The summed E-state index contributed by atoms with van der Waals surface area (Å²) in [5.74, 6) is -0.0794. The number of halogens is 3. The number of anilines is 1. The highest BCUT2D eigenvalue weighted by atomic mass is 19.4. The van der Waals surface area contributed by atoms with Crippen LogP contribution in [-0.4, -0.2) is 30.0 Å². The number of nitrogens with zero attached hydrogens (tertiary/aromatic N) is 3. The van der Waals surface area contributed by atoms with Crippen molar-refractivity contribution in [3.63, 3.8) is 0 Å². The van der Waals surface area contributed by atoms with Crippen molar-refractivity contribution in [1.82, 2.24) is 15.8 Å². The Kier molecular flexibility index (Phi) is 6.54. The fourth-order valence-corrected chi connectivity index (χ4v) is 4.16. The minimum absolute atomic E-state index is 0.0154. The first-order chi connectivity index (χ1) is 16.6. The zero-order valence-electron chi connectivity index (χ0n) is 19.2. The highest BCUT2D eigenvalue weighted by Crippen LogP contribution is 2.38. The largest absolute Gasteiger partial charge is 0.416 e. The Labute approximate surface area is 200 Å². The number of alkyl halides is 3. The molecular weight excluding hydrogens is 459 g/mol. The second-order valence-corrected chi connectivity index (χ2v) is 8.91. The van der Waals surface area contributed by atoms with Gasteiger partial charge in [0.15, 0.2) is 0 Å². The van der Waals surface area contributed by atoms with E-state index in [1.54, 1.807) is 29.3 Å². The number of nitriles is 1. The lowest BCUT2D eigenvalue weighted by atomic mass is 9.92. The standard InChI is InChI=1S/C25H24F3N5O2/c1-15(2)10-11-32-14-20-21(23(34)31-32)22(17-8-6-16(13-29)7-9-17)30-24(35)33(20)19-5-3-4-18(12-19)25(26,27)28/h3-9,12,15,22H,10-11,14H2,1-2H3,(H,30,35)(H,31,34). The molecule has 0 saturated heterocycles. The minimum Gasteiger partial charge on any atom is -0.326 e. The second-order valence-electron chi connectivity index (χ2n) is 8.91. The van der Waals surface area contributed by atoms with E-state index in [1.165, 1.54) is 12.1 Å². The van der Waals surface area contributed by atoms with Gasteiger partial charge in [0.25, 0.3) is 5.91 Å². The van der Waals surface area contributed by atoms with Crippen molar-refractivity contribution in [2.75, 3.05) is 18.0 Å². The van der Waals surface area contributed by atoms with Crippen LogP contribution >= 0.6 is 0 Å². The lowest BCUT2D eigenvalue weighted by Crippen LogP contribution is -2.58. The molecule has 2 heterocycles. The van der Waals surface area contributed by atoms with Gasteiger partial charge in [-0.05, 0) is 48.2 Å². The van der Waals surface area contributed by atoms with Crippen LogP contribution in [0.4, 0.5) is 23.7 Å². The summed E-state index contributed by atoms with van der Waals surface area (Å²) in [6.07, 6.45) is -3.81. The zero-order chi connectivity index (χ0) is 25.3. The van der Waals surface area contributed by atoms with Crippen LogP contribution in [0, 0.1) is 17.2 Å². The molecule has 0 fully saturated rings. The molecule has 0 saturated carbocycles. The Balaban J connectivity index is 1.81. The van der Waals surface area contributed by atoms with Crippen molar-refractivity contribution in [1.29, 1.82) is 5.26 Å². The van der Waals surface area contributed by atoms with E-state index < -0.39 is 29.7 Å². The molecular formula is C25H24F3N5O2. The lowest BCUT2D eigenvalue weighted by molar-refractivity contribution is -0.137. The molecule has 10 heteroatoms. The summed E-state index contributed by atoms with van der Waals surface area (Å²) in [4.78, 5) is 27.7. The number of carbonyl (C=O) groups is 2. The molecule has 35 heavy (non-hydrogen) atoms. The van der Waals surface area contributed by atoms with Gasteiger partial charge in [0.2, 0.25) is 0 Å². The lowest BCUT2D eigenvalue weighted by Gasteiger charge is -2.42. The van der Waals surface area contributed by atoms with Gasteiger partial charge >= 0.3 is 12.2 Å². The van der Waals surface area contributed by atoms with Crippen LogP contribution in [0.2, 0.25) is 0 Å². The molecule has 2 N–H and O–H groups in total. The summed E-state index contributed by atoms with van der Waals surface area (Å²) in [5, 5.41) is 13.5. The maximum absolute atomic E-state index is 13.4. The third-order valence-electron chi connectivity index (χ3n) is 5.97. The number of benzene rings is 2. The maximum Gasteiger partial charge on any atom is 0.416 e. The highest BCUT2D eigenvalue weighted by molar-refractivity contribution is 6.05. The van der Waals surface area contributed by atoms with Crippen molar-refractivity contribution in [2.24, 2.45) is 5.92 Å². The molecule has 1 unspecified atom stereocenters. The van der Waals surface area contributed by atoms with Gasteiger partial charge in [0.05, 0.1) is 46.7 Å². The van der Waals surface area contributed by atoms with E-state index in [0.717, 1.165) is 23.5 Å². The summed E-state index contributed by atoms with van der Waals surface area (Å²) in [6, 6.07) is 11.5. The topological polar surface area (TPSA) is 88.5 Å². The molecule has 2 aromatic rings. The Hall–Kier alpha value is -3.84. The highest BCUT2D eigenvalue weighted by Gasteiger charge is 2.42. The van der Waals surface area contributed by atoms with E-state index in [0.29, 0.717) is 29.3 Å². The normalized spacial score (nSPS) is 18.8. The fraction of sp³-hybridized carbons (Fsp3) is 0.320. The molecule has 0 aliphatic carbocycles. The maximum atomic E-state index is 13.4. The average Bonchev–Trinajstić information content (AvgIpc) is 2.81. The number of amides is 3. The predicted octanol–water partition coefficient (Wildman–Crippen LogP) is 4.49. The summed E-state index contributed by atoms with van der Waals surface area (Å²) in [6.45, 7) is 4.74. The van der Waals surface area contributed by atoms with Gasteiger partial charge < -0.3 is 5.32 Å². The molecule has 0 aromatic heterocycles. The molecule has 4 rings (SSSR count). The third kappa shape index (κ3) is 5.00. The number of hydrogen-bond acceptors (Lipinski definition) is 4. The number of hydrogen-bond donors (Lipinski definition) is 2. The second kappa shape index (κ2) is 9.43. The van der Waals surface area contributed by atoms with E-state index in [2.05, 4.69) is 10.7 Å². The molecule has 0 bridgehead atoms. The van der Waals surface area contributed by atoms with Crippen LogP contribution in [0.15, 0.2) is 59.8 Å². The van der Waals surface area contributed by atoms with Gasteiger partial charge in [-0.2, -0.15) is 18.4 Å². The Morgan fingerprint density at radius 1 is 1.14 bits per heavy atom. The van der Waals surface area contributed by atoms with Gasteiger partial charge in [-0.1, -0.05) is 32.0 Å². The SMILES string of the molecule is CC(C)CCN1CC2=C(C(=O)N1)C(c1ccc(C#N)cc1)NC(=O)N2c1cccc(C(F)(F)F)c1. The summed E-state index contributed by atoms with van der Waals surface area (Å²) >= 11 is 0. The molecule has 7 nitrogen and oxygen atoms in total. The Bertz CT molecular complexity index is 1210. The van der Waals surface area contributed by atoms with Gasteiger partial charge in [-0.15, -0.1) is 0 Å². The average molecular weight is 483 g/mol. The van der Waals surface area contributed by atoms with E-state index in [9.17, 15) is 22.8 Å². The first kappa shape index (κ1) is 24.3. The smallest absolute Gasteiger partial charge is 0.326 e. The Morgan fingerprint density at radius 3 is 2.49 bits per heavy atom. The van der Waals surface area contributed by atoms with Crippen LogP contribution in [0.3, 0.4) is 0 Å². The number of hydrazine groups is 1. The van der Waals surface area contributed by atoms with Crippen molar-refractivity contribution in [3.05, 3.63) is 76.5 Å². The van der Waals surface area contributed by atoms with Crippen LogP contribution in [0.1, 0.15) is 43.0 Å². The zero-order valence-corrected chi connectivity index (χ0v) is 19.2. The summed E-state index contributed by atoms with van der Waals surface area (Å²) < 4.78 is 40.2. The number of nitrogens with one attached hydrogen (secondary N) is 2. The first-order valence-electron chi connectivity index (χ1n) is 11.2. The van der Waals surface area contributed by atoms with Gasteiger partial charge in [-0.3, -0.25) is 15.1 Å². The predicted molar refractivity (Wildman–Crippen MR) is 123 cm³/mol. The van der Waals surface area contributed by atoms with E-state index >= 15 is 0 Å². The quantitative estimate of drug-likeness (QED) is 0.656. The molecule has 1 atom stereocenters. The van der Waals surface area contributed by atoms with Gasteiger partial charge in [0, 0.05) is 6.54 Å². The van der Waals surface area contributed by atoms with E-state index in [-0.39, 0.29) is 17.8 Å². The van der Waals surface area contributed by atoms with Crippen molar-refractivity contribution in [2.45, 2.75) is 32.5 Å². The molecule has 182 valence electrons. The van der Waals surface area contributed by atoms with Gasteiger partial charge in [-0.25, -0.2) is 9.80 Å². The first-order valence-corrected chi connectivity index (χ1v) is 11.2. The molecule has 0 spiro atoms. The van der Waals surface area contributed by atoms with Crippen LogP contribution in [0.5, 0.6) is 0 Å². The van der Waals surface area contributed by atoms with E-state index in [1.807, 2.05) is 19.9 Å². The van der Waals surface area contributed by atoms with Crippen LogP contribution < -0.4 is 15.6 Å². The molecule has 0 radical (unpaired) electrons. The fourth-order valence-electron chi connectivity index (χ4n) is 4.16. The monoisotopic (exact) mass is 483 g/mol. The summed E-state index contributed by atoms with van der Waals surface area (Å²) in [5.41, 5.74) is 3.53. The summed E-state index contributed by atoms with van der Waals surface area (Å²) in [7, 11) is 0. The molecule has 2 aliphatic heterocycles.